The molecule has 1 saturated heterocycles. The Morgan fingerprint density at radius 3 is 2.60 bits per heavy atom. The van der Waals surface area contributed by atoms with Crippen molar-refractivity contribution in [1.29, 1.82) is 5.26 Å². The van der Waals surface area contributed by atoms with Crippen molar-refractivity contribution in [3.05, 3.63) is 29.8 Å². The van der Waals surface area contributed by atoms with Crippen LogP contribution < -0.4 is 15.8 Å². The molecule has 1 aromatic carbocycles. The maximum absolute atomic E-state index is 12.5. The Morgan fingerprint density at radius 2 is 2.00 bits per heavy atom. The number of rotatable bonds is 9. The van der Waals surface area contributed by atoms with E-state index in [1.807, 2.05) is 11.9 Å². The molecule has 2 amide bonds. The lowest BCUT2D eigenvalue weighted by molar-refractivity contribution is 0.0700. The first-order valence-electron chi connectivity index (χ1n) is 11.1. The molecule has 1 heterocycles. The topological polar surface area (TPSA) is 94.6 Å². The highest BCUT2D eigenvalue weighted by molar-refractivity contribution is 5.74. The van der Waals surface area contributed by atoms with Gasteiger partial charge in [0.2, 0.25) is 0 Å². The van der Waals surface area contributed by atoms with Crippen LogP contribution in [0.15, 0.2) is 24.3 Å². The van der Waals surface area contributed by atoms with Crippen molar-refractivity contribution in [2.45, 2.75) is 44.7 Å². The van der Waals surface area contributed by atoms with Gasteiger partial charge in [-0.05, 0) is 55.4 Å². The maximum atomic E-state index is 12.5. The Hall–Kier alpha value is -2.30. The first-order chi connectivity index (χ1) is 14.5. The minimum atomic E-state index is -0.0772. The number of likely N-dealkylation sites (tertiary alicyclic amines) is 1. The normalized spacial score (nSPS) is 24.1. The summed E-state index contributed by atoms with van der Waals surface area (Å²) >= 11 is 0. The van der Waals surface area contributed by atoms with E-state index in [-0.39, 0.29) is 12.1 Å². The first kappa shape index (κ1) is 22.4. The van der Waals surface area contributed by atoms with E-state index < -0.39 is 0 Å². The van der Waals surface area contributed by atoms with Gasteiger partial charge in [0, 0.05) is 39.3 Å². The first-order valence-corrected chi connectivity index (χ1v) is 11.1. The number of nitrogens with zero attached hydrogens (tertiary/aromatic N) is 3. The van der Waals surface area contributed by atoms with Gasteiger partial charge in [-0.1, -0.05) is 13.3 Å². The van der Waals surface area contributed by atoms with E-state index in [4.69, 9.17) is 15.7 Å². The molecule has 0 radical (unpaired) electrons. The molecule has 2 aliphatic rings. The summed E-state index contributed by atoms with van der Waals surface area (Å²) in [6, 6.07) is 9.52. The third kappa shape index (κ3) is 5.65. The van der Waals surface area contributed by atoms with Crippen molar-refractivity contribution in [2.75, 3.05) is 39.8 Å². The highest BCUT2D eigenvalue weighted by Crippen LogP contribution is 2.39. The largest absolute Gasteiger partial charge is 0.492 e. The van der Waals surface area contributed by atoms with Gasteiger partial charge in [0.05, 0.1) is 17.7 Å². The number of amides is 2. The number of urea groups is 1. The van der Waals surface area contributed by atoms with E-state index in [1.54, 1.807) is 24.3 Å². The molecular formula is C23H35N5O2. The fourth-order valence-electron chi connectivity index (χ4n) is 4.92. The van der Waals surface area contributed by atoms with Crippen LogP contribution in [-0.4, -0.2) is 67.7 Å². The van der Waals surface area contributed by atoms with Gasteiger partial charge in [-0.2, -0.15) is 5.26 Å². The summed E-state index contributed by atoms with van der Waals surface area (Å²) in [7, 11) is 1.95. The molecule has 1 aliphatic heterocycles. The Kier molecular flexibility index (Phi) is 7.94. The second kappa shape index (κ2) is 10.6. The highest BCUT2D eigenvalue weighted by atomic mass is 16.5. The Labute approximate surface area is 180 Å². The molecule has 1 aromatic rings. The smallest absolute Gasteiger partial charge is 0.317 e. The molecule has 3 atom stereocenters. The summed E-state index contributed by atoms with van der Waals surface area (Å²) in [5.74, 6) is 1.76. The number of fused-ring (bicyclic) bond motifs is 2. The second-order valence-electron chi connectivity index (χ2n) is 8.71. The molecule has 0 aromatic heterocycles. The summed E-state index contributed by atoms with van der Waals surface area (Å²) < 4.78 is 5.79. The number of ether oxygens (including phenoxy) is 1. The molecule has 1 saturated carbocycles. The molecule has 2 bridgehead atoms. The summed E-state index contributed by atoms with van der Waals surface area (Å²) in [4.78, 5) is 16.9. The van der Waals surface area contributed by atoms with Gasteiger partial charge in [0.15, 0.2) is 0 Å². The number of nitriles is 1. The fraction of sp³-hybridized carbons (Fsp3) is 0.652. The minimum Gasteiger partial charge on any atom is -0.492 e. The molecule has 3 N–H and O–H groups in total. The van der Waals surface area contributed by atoms with Gasteiger partial charge in [0.1, 0.15) is 12.4 Å². The average Bonchev–Trinajstić information content (AvgIpc) is 3.02. The molecule has 3 unspecified atom stereocenters. The quantitative estimate of drug-likeness (QED) is 0.606. The molecule has 2 fully saturated rings. The third-order valence-electron chi connectivity index (χ3n) is 6.37. The van der Waals surface area contributed by atoms with Gasteiger partial charge < -0.3 is 25.6 Å². The van der Waals surface area contributed by atoms with Crippen LogP contribution in [0.1, 0.15) is 38.2 Å². The Bertz CT molecular complexity index is 718. The van der Waals surface area contributed by atoms with Crippen molar-refractivity contribution in [3.8, 4) is 11.8 Å². The van der Waals surface area contributed by atoms with Gasteiger partial charge >= 0.3 is 6.03 Å². The number of nitrogens with two attached hydrogens (primary N) is 1. The van der Waals surface area contributed by atoms with Crippen LogP contribution in [-0.2, 0) is 0 Å². The van der Waals surface area contributed by atoms with Crippen molar-refractivity contribution < 1.29 is 9.53 Å². The summed E-state index contributed by atoms with van der Waals surface area (Å²) in [5.41, 5.74) is 6.96. The zero-order chi connectivity index (χ0) is 21.5. The van der Waals surface area contributed by atoms with Crippen molar-refractivity contribution in [1.82, 2.24) is 15.1 Å². The van der Waals surface area contributed by atoms with Gasteiger partial charge in [-0.25, -0.2) is 4.79 Å². The lowest BCUT2D eigenvalue weighted by Gasteiger charge is -2.42. The number of benzene rings is 1. The van der Waals surface area contributed by atoms with E-state index in [0.29, 0.717) is 30.0 Å². The van der Waals surface area contributed by atoms with E-state index in [9.17, 15) is 4.79 Å². The molecule has 3 rings (SSSR count). The second-order valence-corrected chi connectivity index (χ2v) is 8.71. The van der Waals surface area contributed by atoms with Crippen LogP contribution >= 0.6 is 0 Å². The SMILES string of the molecule is CCCCNC(=O)N(C)C1C2CCC1CN(CC(N)COc1ccc(C#N)cc1)C2. The van der Waals surface area contributed by atoms with Crippen molar-refractivity contribution in [2.24, 2.45) is 17.6 Å². The van der Waals surface area contributed by atoms with Crippen LogP contribution in [0.5, 0.6) is 5.75 Å². The average molecular weight is 414 g/mol. The van der Waals surface area contributed by atoms with Crippen LogP contribution in [0.25, 0.3) is 0 Å². The molecule has 1 aliphatic carbocycles. The molecule has 164 valence electrons. The molecular weight excluding hydrogens is 378 g/mol. The number of piperidine rings is 1. The van der Waals surface area contributed by atoms with Gasteiger partial charge in [0.25, 0.3) is 0 Å². The Balaban J connectivity index is 1.45. The summed E-state index contributed by atoms with van der Waals surface area (Å²) in [6.07, 6.45) is 4.46. The van der Waals surface area contributed by atoms with Crippen LogP contribution in [0.3, 0.4) is 0 Å². The van der Waals surface area contributed by atoms with E-state index >= 15 is 0 Å². The number of nitrogens with one attached hydrogen (secondary N) is 1. The fourth-order valence-corrected chi connectivity index (χ4v) is 4.92. The summed E-state index contributed by atoms with van der Waals surface area (Å²) in [5, 5.41) is 11.9. The lowest BCUT2D eigenvalue weighted by atomic mass is 9.91. The number of carbonyl (C=O) groups excluding carboxylic acids is 1. The van der Waals surface area contributed by atoms with Gasteiger partial charge in [-0.15, -0.1) is 0 Å². The van der Waals surface area contributed by atoms with Crippen LogP contribution in [0.2, 0.25) is 0 Å². The zero-order valence-corrected chi connectivity index (χ0v) is 18.2. The molecule has 30 heavy (non-hydrogen) atoms. The van der Waals surface area contributed by atoms with Crippen molar-refractivity contribution >= 4 is 6.03 Å². The monoisotopic (exact) mass is 413 g/mol. The Morgan fingerprint density at radius 1 is 1.33 bits per heavy atom. The van der Waals surface area contributed by atoms with E-state index in [0.717, 1.165) is 44.8 Å². The van der Waals surface area contributed by atoms with E-state index in [1.165, 1.54) is 12.8 Å². The van der Waals surface area contributed by atoms with Gasteiger partial charge in [-0.3, -0.25) is 0 Å². The third-order valence-corrected chi connectivity index (χ3v) is 6.37. The van der Waals surface area contributed by atoms with Crippen LogP contribution in [0.4, 0.5) is 4.79 Å². The molecule has 7 nitrogen and oxygen atoms in total. The highest BCUT2D eigenvalue weighted by Gasteiger charge is 2.45. The number of carbonyl (C=O) groups is 1. The molecule has 7 heteroatoms. The van der Waals surface area contributed by atoms with Crippen molar-refractivity contribution in [3.63, 3.8) is 0 Å². The molecule has 0 spiro atoms. The standard InChI is InChI=1S/C23H35N5O2/c1-3-4-11-26-23(29)27(2)22-18-7-8-19(22)14-28(13-18)15-20(25)16-30-21-9-5-17(12-24)6-10-21/h5-6,9-10,18-20,22H,3-4,7-8,11,13-16,25H2,1-2H3,(H,26,29). The zero-order valence-electron chi connectivity index (χ0n) is 18.2. The maximum Gasteiger partial charge on any atom is 0.317 e. The predicted octanol–water partition coefficient (Wildman–Crippen LogP) is 2.42. The number of unbranched alkanes of at least 4 members (excludes halogenated alkanes) is 1. The number of hydrogen-bond donors (Lipinski definition) is 2. The van der Waals surface area contributed by atoms with Crippen LogP contribution in [0, 0.1) is 23.2 Å². The summed E-state index contributed by atoms with van der Waals surface area (Å²) in [6.45, 7) is 6.09. The predicted molar refractivity (Wildman–Crippen MR) is 117 cm³/mol. The van der Waals surface area contributed by atoms with E-state index in [2.05, 4.69) is 23.2 Å². The minimum absolute atomic E-state index is 0.0614. The lowest BCUT2D eigenvalue weighted by Crippen LogP contribution is -2.56. The number of hydrogen-bond acceptors (Lipinski definition) is 5.